The molecule has 0 aromatic carbocycles. The van der Waals surface area contributed by atoms with Crippen LogP contribution in [0.15, 0.2) is 29.1 Å². The Labute approximate surface area is 211 Å². The fourth-order valence-electron chi connectivity index (χ4n) is 4.99. The number of aromatic nitrogens is 5. The van der Waals surface area contributed by atoms with Crippen LogP contribution in [-0.4, -0.2) is 54.6 Å². The molecule has 10 nitrogen and oxygen atoms in total. The van der Waals surface area contributed by atoms with Crippen LogP contribution in [0.5, 0.6) is 0 Å². The molecule has 10 heteroatoms. The van der Waals surface area contributed by atoms with Gasteiger partial charge in [-0.2, -0.15) is 5.10 Å². The third-order valence-corrected chi connectivity index (χ3v) is 6.97. The zero-order valence-corrected chi connectivity index (χ0v) is 21.3. The van der Waals surface area contributed by atoms with Crippen LogP contribution in [0.1, 0.15) is 83.6 Å². The van der Waals surface area contributed by atoms with Gasteiger partial charge in [-0.05, 0) is 52.5 Å². The van der Waals surface area contributed by atoms with E-state index in [2.05, 4.69) is 20.3 Å². The van der Waals surface area contributed by atoms with Crippen molar-refractivity contribution in [3.05, 3.63) is 30.5 Å². The minimum atomic E-state index is -0.491. The van der Waals surface area contributed by atoms with Crippen LogP contribution in [0, 0.1) is 0 Å². The molecule has 5 rings (SSSR count). The second-order valence-corrected chi connectivity index (χ2v) is 10.8. The number of likely N-dealkylation sites (tertiary alicyclic amines) is 1. The number of carbonyl (C=O) groups is 1. The van der Waals surface area contributed by atoms with E-state index in [1.807, 2.05) is 43.9 Å². The number of anilines is 1. The van der Waals surface area contributed by atoms with Crippen LogP contribution in [0.2, 0.25) is 0 Å². The van der Waals surface area contributed by atoms with E-state index in [1.165, 1.54) is 19.3 Å². The van der Waals surface area contributed by atoms with E-state index < -0.39 is 5.60 Å². The third kappa shape index (κ3) is 5.37. The topological polar surface area (TPSA) is 125 Å². The monoisotopic (exact) mass is 493 g/mol. The maximum atomic E-state index is 12.4. The molecule has 2 fully saturated rings. The van der Waals surface area contributed by atoms with Crippen LogP contribution in [0.4, 0.5) is 10.6 Å². The maximum Gasteiger partial charge on any atom is 0.410 e. The molecule has 2 N–H and O–H groups in total. The van der Waals surface area contributed by atoms with E-state index >= 15 is 0 Å². The lowest BCUT2D eigenvalue weighted by molar-refractivity contribution is 0.0185. The lowest BCUT2D eigenvalue weighted by Gasteiger charge is -2.33. The highest BCUT2D eigenvalue weighted by atomic mass is 16.6. The van der Waals surface area contributed by atoms with Gasteiger partial charge in [-0.15, -0.1) is 10.2 Å². The number of ether oxygens (including phenoxy) is 1. The van der Waals surface area contributed by atoms with Crippen molar-refractivity contribution in [3.8, 4) is 22.6 Å². The van der Waals surface area contributed by atoms with Crippen molar-refractivity contribution in [2.45, 2.75) is 83.3 Å². The fourth-order valence-corrected chi connectivity index (χ4v) is 4.99. The normalized spacial score (nSPS) is 17.9. The highest BCUT2D eigenvalue weighted by Gasteiger charge is 2.28. The minimum Gasteiger partial charge on any atom is -0.444 e. The Morgan fingerprint density at radius 1 is 1.06 bits per heavy atom. The first kappa shape index (κ1) is 24.3. The molecule has 1 aliphatic heterocycles. The molecule has 0 radical (unpaired) electrons. The zero-order valence-electron chi connectivity index (χ0n) is 21.3. The summed E-state index contributed by atoms with van der Waals surface area (Å²) in [5.41, 5.74) is 8.15. The minimum absolute atomic E-state index is 0.215. The van der Waals surface area contributed by atoms with E-state index in [0.29, 0.717) is 42.2 Å². The van der Waals surface area contributed by atoms with Crippen molar-refractivity contribution in [2.75, 3.05) is 18.8 Å². The Hall–Kier alpha value is -3.43. The van der Waals surface area contributed by atoms with Gasteiger partial charge in [0.2, 0.25) is 5.89 Å². The number of nitrogen functional groups attached to an aromatic ring is 1. The Balaban J connectivity index is 1.27. The highest BCUT2D eigenvalue weighted by Crippen LogP contribution is 2.35. The Bertz CT molecular complexity index is 1200. The van der Waals surface area contributed by atoms with E-state index in [0.717, 1.165) is 36.8 Å². The molecule has 1 saturated heterocycles. The Kier molecular flexibility index (Phi) is 6.68. The smallest absolute Gasteiger partial charge is 0.410 e. The second kappa shape index (κ2) is 9.91. The number of hydrogen-bond donors (Lipinski definition) is 1. The molecule has 0 bridgehead atoms. The summed E-state index contributed by atoms with van der Waals surface area (Å²) in [5, 5.41) is 13.2. The van der Waals surface area contributed by atoms with Crippen LogP contribution in [-0.2, 0) is 4.74 Å². The number of pyridine rings is 1. The van der Waals surface area contributed by atoms with Gasteiger partial charge in [-0.25, -0.2) is 9.78 Å². The van der Waals surface area contributed by atoms with Gasteiger partial charge in [-0.3, -0.25) is 4.68 Å². The van der Waals surface area contributed by atoms with Crippen molar-refractivity contribution in [3.63, 3.8) is 0 Å². The first-order valence-electron chi connectivity index (χ1n) is 12.9. The molecule has 3 aromatic rings. The summed E-state index contributed by atoms with van der Waals surface area (Å²) in [6.45, 7) is 6.93. The second-order valence-electron chi connectivity index (χ2n) is 10.8. The Morgan fingerprint density at radius 3 is 2.53 bits per heavy atom. The van der Waals surface area contributed by atoms with E-state index in [4.69, 9.17) is 14.9 Å². The molecule has 1 saturated carbocycles. The molecule has 2 aliphatic rings. The standard InChI is InChI=1S/C26H35N7O3/c1-26(2,3)36-25(34)32-11-9-20(10-12-32)33-16-19(15-29-33)18-13-21(22(27)28-14-18)24-31-30-23(35-24)17-7-5-4-6-8-17/h13-17,20H,4-12H2,1-3H3,(H2,27,28). The molecule has 1 aliphatic carbocycles. The van der Waals surface area contributed by atoms with Crippen molar-refractivity contribution < 1.29 is 13.9 Å². The van der Waals surface area contributed by atoms with E-state index in [-0.39, 0.29) is 12.1 Å². The third-order valence-electron chi connectivity index (χ3n) is 6.97. The molecule has 3 aromatic heterocycles. The number of rotatable bonds is 4. The van der Waals surface area contributed by atoms with Gasteiger partial charge in [-0.1, -0.05) is 19.3 Å². The molecule has 0 spiro atoms. The zero-order chi connectivity index (χ0) is 25.3. The molecule has 192 valence electrons. The quantitative estimate of drug-likeness (QED) is 0.526. The van der Waals surface area contributed by atoms with E-state index in [9.17, 15) is 4.79 Å². The molecule has 0 atom stereocenters. The number of nitrogens with zero attached hydrogens (tertiary/aromatic N) is 6. The Morgan fingerprint density at radius 2 is 1.81 bits per heavy atom. The van der Waals surface area contributed by atoms with Crippen LogP contribution < -0.4 is 5.73 Å². The van der Waals surface area contributed by atoms with Crippen molar-refractivity contribution in [1.29, 1.82) is 0 Å². The highest BCUT2D eigenvalue weighted by molar-refractivity contribution is 5.74. The molecule has 0 unspecified atom stereocenters. The van der Waals surface area contributed by atoms with Crippen LogP contribution in [0.3, 0.4) is 0 Å². The SMILES string of the molecule is CC(C)(C)OC(=O)N1CCC(n2cc(-c3cnc(N)c(-c4nnc(C5CCCCC5)o4)c3)cn2)CC1. The summed E-state index contributed by atoms with van der Waals surface area (Å²) in [6.07, 6.45) is 12.8. The van der Waals surface area contributed by atoms with Gasteiger partial charge in [0, 0.05) is 42.5 Å². The largest absolute Gasteiger partial charge is 0.444 e. The van der Waals surface area contributed by atoms with E-state index in [1.54, 1.807) is 11.1 Å². The van der Waals surface area contributed by atoms with Gasteiger partial charge in [0.25, 0.3) is 5.89 Å². The molecule has 36 heavy (non-hydrogen) atoms. The average molecular weight is 494 g/mol. The lowest BCUT2D eigenvalue weighted by Crippen LogP contribution is -2.42. The molecular formula is C26H35N7O3. The lowest BCUT2D eigenvalue weighted by atomic mass is 9.89. The predicted octanol–water partition coefficient (Wildman–Crippen LogP) is 5.20. The average Bonchev–Trinajstić information content (AvgIpc) is 3.55. The number of hydrogen-bond acceptors (Lipinski definition) is 8. The molecule has 1 amide bonds. The van der Waals surface area contributed by atoms with Crippen LogP contribution >= 0.6 is 0 Å². The summed E-state index contributed by atoms with van der Waals surface area (Å²) in [7, 11) is 0. The van der Waals surface area contributed by atoms with Gasteiger partial charge in [0.1, 0.15) is 11.4 Å². The summed E-state index contributed by atoms with van der Waals surface area (Å²) in [5.74, 6) is 1.79. The van der Waals surface area contributed by atoms with Gasteiger partial charge in [0.05, 0.1) is 17.8 Å². The molecule has 4 heterocycles. The fraction of sp³-hybridized carbons (Fsp3) is 0.577. The molecular weight excluding hydrogens is 458 g/mol. The summed E-state index contributed by atoms with van der Waals surface area (Å²) in [6, 6.07) is 2.15. The van der Waals surface area contributed by atoms with Gasteiger partial charge in [0.15, 0.2) is 0 Å². The summed E-state index contributed by atoms with van der Waals surface area (Å²) >= 11 is 0. The van der Waals surface area contributed by atoms with Crippen molar-refractivity contribution in [2.24, 2.45) is 0 Å². The number of piperidine rings is 1. The maximum absolute atomic E-state index is 12.4. The number of carbonyl (C=O) groups excluding carboxylic acids is 1. The number of amides is 1. The number of nitrogens with two attached hydrogens (primary N) is 1. The first-order valence-corrected chi connectivity index (χ1v) is 12.9. The summed E-state index contributed by atoms with van der Waals surface area (Å²) < 4.78 is 13.5. The van der Waals surface area contributed by atoms with Gasteiger partial charge < -0.3 is 19.8 Å². The van der Waals surface area contributed by atoms with Crippen molar-refractivity contribution >= 4 is 11.9 Å². The predicted molar refractivity (Wildman–Crippen MR) is 135 cm³/mol. The summed E-state index contributed by atoms with van der Waals surface area (Å²) in [4.78, 5) is 18.5. The van der Waals surface area contributed by atoms with Crippen molar-refractivity contribution in [1.82, 2.24) is 29.9 Å². The van der Waals surface area contributed by atoms with Gasteiger partial charge >= 0.3 is 6.09 Å². The van der Waals surface area contributed by atoms with Crippen LogP contribution in [0.25, 0.3) is 22.6 Å². The first-order chi connectivity index (χ1) is 17.3.